The summed E-state index contributed by atoms with van der Waals surface area (Å²) in [4.78, 5) is 26.2. The Hall–Kier alpha value is -1.95. The molecule has 0 bridgehead atoms. The smallest absolute Gasteiger partial charge is 0.249 e. The molecule has 18 heavy (non-hydrogen) atoms. The topological polar surface area (TPSA) is 66.6 Å². The van der Waals surface area contributed by atoms with E-state index in [1.165, 1.54) is 28.0 Å². The first-order chi connectivity index (χ1) is 8.41. The number of anilines is 1. The summed E-state index contributed by atoms with van der Waals surface area (Å²) in [5.41, 5.74) is 6.67. The third-order valence-electron chi connectivity index (χ3n) is 2.94. The Morgan fingerprint density at radius 2 is 2.17 bits per heavy atom. The lowest BCUT2D eigenvalue weighted by Gasteiger charge is -2.19. The molecule has 2 amide bonds. The molecule has 1 aliphatic rings. The molecular formula is C12H14FN3O2. The van der Waals surface area contributed by atoms with Crippen molar-refractivity contribution in [1.29, 1.82) is 0 Å². The van der Waals surface area contributed by atoms with Gasteiger partial charge in [-0.05, 0) is 12.1 Å². The minimum absolute atomic E-state index is 0.129. The highest BCUT2D eigenvalue weighted by molar-refractivity contribution is 6.07. The predicted octanol–water partition coefficient (Wildman–Crippen LogP) is 0.260. The van der Waals surface area contributed by atoms with E-state index >= 15 is 0 Å². The molecule has 0 aromatic heterocycles. The summed E-state index contributed by atoms with van der Waals surface area (Å²) in [6, 6.07) is 3.13. The Bertz CT molecular complexity index is 516. The Labute approximate surface area is 104 Å². The molecule has 0 spiro atoms. The molecule has 1 heterocycles. The lowest BCUT2D eigenvalue weighted by atomic mass is 10.1. The van der Waals surface area contributed by atoms with Crippen molar-refractivity contribution in [2.24, 2.45) is 5.73 Å². The predicted molar refractivity (Wildman–Crippen MR) is 64.4 cm³/mol. The summed E-state index contributed by atoms with van der Waals surface area (Å²) in [7, 11) is 3.19. The summed E-state index contributed by atoms with van der Waals surface area (Å²) >= 11 is 0. The lowest BCUT2D eigenvalue weighted by Crippen LogP contribution is -2.40. The van der Waals surface area contributed by atoms with Gasteiger partial charge >= 0.3 is 0 Å². The van der Waals surface area contributed by atoms with Gasteiger partial charge in [0.15, 0.2) is 0 Å². The highest BCUT2D eigenvalue weighted by Gasteiger charge is 2.36. The van der Waals surface area contributed by atoms with Crippen LogP contribution in [-0.4, -0.2) is 37.4 Å². The van der Waals surface area contributed by atoms with Gasteiger partial charge in [-0.3, -0.25) is 9.59 Å². The van der Waals surface area contributed by atoms with Crippen LogP contribution < -0.4 is 10.6 Å². The van der Waals surface area contributed by atoms with Crippen molar-refractivity contribution in [3.05, 3.63) is 29.6 Å². The van der Waals surface area contributed by atoms with E-state index in [9.17, 15) is 14.0 Å². The third kappa shape index (κ3) is 1.95. The van der Waals surface area contributed by atoms with Crippen LogP contribution in [0.2, 0.25) is 0 Å². The fourth-order valence-corrected chi connectivity index (χ4v) is 1.87. The molecule has 1 unspecified atom stereocenters. The zero-order valence-electron chi connectivity index (χ0n) is 10.2. The third-order valence-corrected chi connectivity index (χ3v) is 2.94. The molecule has 0 saturated heterocycles. The van der Waals surface area contributed by atoms with Crippen LogP contribution in [0.3, 0.4) is 0 Å². The van der Waals surface area contributed by atoms with E-state index in [0.29, 0.717) is 11.3 Å². The van der Waals surface area contributed by atoms with Crippen LogP contribution in [0.1, 0.15) is 11.6 Å². The van der Waals surface area contributed by atoms with Gasteiger partial charge in [0.2, 0.25) is 11.8 Å². The quantitative estimate of drug-likeness (QED) is 0.820. The number of hydrogen-bond acceptors (Lipinski definition) is 3. The van der Waals surface area contributed by atoms with E-state index in [-0.39, 0.29) is 18.4 Å². The summed E-state index contributed by atoms with van der Waals surface area (Å²) in [5, 5.41) is 0. The number of nitrogens with two attached hydrogens (primary N) is 1. The first-order valence-corrected chi connectivity index (χ1v) is 5.48. The first kappa shape index (κ1) is 12.5. The fourth-order valence-electron chi connectivity index (χ4n) is 1.87. The van der Waals surface area contributed by atoms with Crippen LogP contribution in [0, 0.1) is 5.82 Å². The first-order valence-electron chi connectivity index (χ1n) is 5.48. The Balaban J connectivity index is 2.36. The monoisotopic (exact) mass is 251 g/mol. The molecule has 2 N–H and O–H groups in total. The number of rotatable bonds is 2. The fraction of sp³-hybridized carbons (Fsp3) is 0.333. The van der Waals surface area contributed by atoms with E-state index in [4.69, 9.17) is 5.73 Å². The highest BCUT2D eigenvalue weighted by atomic mass is 19.1. The second-order valence-corrected chi connectivity index (χ2v) is 4.39. The normalized spacial score (nSPS) is 17.9. The number of nitrogens with zero attached hydrogens (tertiary/aromatic N) is 2. The van der Waals surface area contributed by atoms with Crippen LogP contribution in [0.25, 0.3) is 0 Å². The van der Waals surface area contributed by atoms with Crippen LogP contribution >= 0.6 is 0 Å². The standard InChI is InChI=1S/C12H14FN3O2/c1-15(2)10(17)6-16-9-5-7(13)3-4-8(9)11(14)12(16)18/h3-5,11H,6,14H2,1-2H3. The number of hydrogen-bond donors (Lipinski definition) is 1. The largest absolute Gasteiger partial charge is 0.347 e. The number of benzene rings is 1. The Morgan fingerprint density at radius 3 is 2.78 bits per heavy atom. The van der Waals surface area contributed by atoms with Crippen molar-refractivity contribution in [2.45, 2.75) is 6.04 Å². The molecule has 5 nitrogen and oxygen atoms in total. The zero-order valence-corrected chi connectivity index (χ0v) is 10.2. The number of fused-ring (bicyclic) bond motifs is 1. The van der Waals surface area contributed by atoms with Crippen molar-refractivity contribution >= 4 is 17.5 Å². The Morgan fingerprint density at radius 1 is 1.50 bits per heavy atom. The summed E-state index contributed by atoms with van der Waals surface area (Å²) in [6.45, 7) is -0.129. The minimum atomic E-state index is -0.824. The van der Waals surface area contributed by atoms with Crippen LogP contribution in [0.5, 0.6) is 0 Å². The van der Waals surface area contributed by atoms with Gasteiger partial charge in [0.05, 0.1) is 5.69 Å². The molecule has 1 aliphatic heterocycles. The maximum atomic E-state index is 13.2. The zero-order chi connectivity index (χ0) is 13.4. The van der Waals surface area contributed by atoms with Gasteiger partial charge in [0.25, 0.3) is 0 Å². The molecule has 1 aromatic carbocycles. The van der Waals surface area contributed by atoms with E-state index in [1.54, 1.807) is 14.1 Å². The van der Waals surface area contributed by atoms with Crippen LogP contribution in [0.15, 0.2) is 18.2 Å². The van der Waals surface area contributed by atoms with Gasteiger partial charge in [0.1, 0.15) is 18.4 Å². The maximum absolute atomic E-state index is 13.2. The van der Waals surface area contributed by atoms with Gasteiger partial charge in [-0.25, -0.2) is 4.39 Å². The van der Waals surface area contributed by atoms with Crippen molar-refractivity contribution in [1.82, 2.24) is 4.90 Å². The Kier molecular flexibility index (Phi) is 3.04. The second kappa shape index (κ2) is 4.38. The molecule has 0 fully saturated rings. The SMILES string of the molecule is CN(C)C(=O)CN1C(=O)C(N)c2ccc(F)cc21. The molecule has 0 aliphatic carbocycles. The molecule has 1 aromatic rings. The summed E-state index contributed by atoms with van der Waals surface area (Å²) < 4.78 is 13.2. The number of likely N-dealkylation sites (N-methyl/N-ethyl adjacent to an activating group) is 1. The molecule has 1 atom stereocenters. The number of carbonyl (C=O) groups excluding carboxylic acids is 2. The average Bonchev–Trinajstić information content (AvgIpc) is 2.54. The van der Waals surface area contributed by atoms with Crippen LogP contribution in [-0.2, 0) is 9.59 Å². The molecule has 2 rings (SSSR count). The number of amides is 2. The van der Waals surface area contributed by atoms with Crippen molar-refractivity contribution in [2.75, 3.05) is 25.5 Å². The molecule has 96 valence electrons. The van der Waals surface area contributed by atoms with Gasteiger partial charge < -0.3 is 15.5 Å². The van der Waals surface area contributed by atoms with E-state index in [1.807, 2.05) is 0 Å². The lowest BCUT2D eigenvalue weighted by molar-refractivity contribution is -0.129. The van der Waals surface area contributed by atoms with Gasteiger partial charge in [-0.2, -0.15) is 0 Å². The van der Waals surface area contributed by atoms with E-state index in [2.05, 4.69) is 0 Å². The van der Waals surface area contributed by atoms with E-state index < -0.39 is 11.9 Å². The van der Waals surface area contributed by atoms with Crippen molar-refractivity contribution < 1.29 is 14.0 Å². The molecule has 0 saturated carbocycles. The summed E-state index contributed by atoms with van der Waals surface area (Å²) in [6.07, 6.45) is 0. The van der Waals surface area contributed by atoms with Crippen molar-refractivity contribution in [3.63, 3.8) is 0 Å². The summed E-state index contributed by atoms with van der Waals surface area (Å²) in [5.74, 6) is -1.09. The van der Waals surface area contributed by atoms with Gasteiger partial charge in [-0.15, -0.1) is 0 Å². The maximum Gasteiger partial charge on any atom is 0.249 e. The van der Waals surface area contributed by atoms with Crippen LogP contribution in [0.4, 0.5) is 10.1 Å². The van der Waals surface area contributed by atoms with Gasteiger partial charge in [-0.1, -0.05) is 6.07 Å². The number of halogens is 1. The molecule has 0 radical (unpaired) electrons. The van der Waals surface area contributed by atoms with E-state index in [0.717, 1.165) is 0 Å². The average molecular weight is 251 g/mol. The number of carbonyl (C=O) groups is 2. The van der Waals surface area contributed by atoms with Crippen molar-refractivity contribution in [3.8, 4) is 0 Å². The minimum Gasteiger partial charge on any atom is -0.347 e. The van der Waals surface area contributed by atoms with Gasteiger partial charge in [0, 0.05) is 19.7 Å². The second-order valence-electron chi connectivity index (χ2n) is 4.39. The molecular weight excluding hydrogens is 237 g/mol. The highest BCUT2D eigenvalue weighted by Crippen LogP contribution is 2.34. The molecule has 6 heteroatoms.